The van der Waals surface area contributed by atoms with Crippen molar-refractivity contribution in [3.05, 3.63) is 0 Å². The monoisotopic (exact) mass is 252 g/mol. The van der Waals surface area contributed by atoms with Crippen molar-refractivity contribution in [3.63, 3.8) is 0 Å². The van der Waals surface area contributed by atoms with Crippen LogP contribution in [-0.4, -0.2) is 24.5 Å². The van der Waals surface area contributed by atoms with Crippen molar-refractivity contribution in [2.75, 3.05) is 6.54 Å². The molecule has 0 aromatic rings. The molecule has 2 N–H and O–H groups in total. The van der Waals surface area contributed by atoms with Crippen LogP contribution in [0.5, 0.6) is 0 Å². The minimum atomic E-state index is 0.258. The number of carbonyl (C=O) groups excluding carboxylic acids is 1. The van der Waals surface area contributed by atoms with E-state index < -0.39 is 0 Å². The van der Waals surface area contributed by atoms with Gasteiger partial charge in [0.2, 0.25) is 5.91 Å². The normalized spacial score (nSPS) is 36.6. The molecule has 1 aliphatic heterocycles. The standard InChI is InChI=1S/C15H28N2O/c1-11-6-8-14(12(11)2)17-15(18)9-7-13-5-3-4-10-16-13/h11-14,16H,3-10H2,1-2H3,(H,17,18). The summed E-state index contributed by atoms with van der Waals surface area (Å²) < 4.78 is 0. The molecule has 1 saturated carbocycles. The number of rotatable bonds is 4. The molecule has 104 valence electrons. The average molecular weight is 252 g/mol. The first-order valence-electron chi connectivity index (χ1n) is 7.69. The largest absolute Gasteiger partial charge is 0.353 e. The van der Waals surface area contributed by atoms with E-state index in [9.17, 15) is 4.79 Å². The van der Waals surface area contributed by atoms with Crippen LogP contribution in [0.2, 0.25) is 0 Å². The Balaban J connectivity index is 1.65. The number of hydrogen-bond donors (Lipinski definition) is 2. The Hall–Kier alpha value is -0.570. The van der Waals surface area contributed by atoms with E-state index in [4.69, 9.17) is 0 Å². The molecule has 1 amide bonds. The van der Waals surface area contributed by atoms with Crippen molar-refractivity contribution < 1.29 is 4.79 Å². The van der Waals surface area contributed by atoms with Crippen molar-refractivity contribution in [1.29, 1.82) is 0 Å². The third-order valence-electron chi connectivity index (χ3n) is 4.94. The number of piperidine rings is 1. The Morgan fingerprint density at radius 1 is 1.22 bits per heavy atom. The minimum Gasteiger partial charge on any atom is -0.353 e. The summed E-state index contributed by atoms with van der Waals surface area (Å²) in [6.45, 7) is 5.69. The first-order chi connectivity index (χ1) is 8.66. The molecule has 0 bridgehead atoms. The number of carbonyl (C=O) groups is 1. The van der Waals surface area contributed by atoms with E-state index >= 15 is 0 Å². The van der Waals surface area contributed by atoms with Crippen molar-refractivity contribution in [2.24, 2.45) is 11.8 Å². The fourth-order valence-corrected chi connectivity index (χ4v) is 3.32. The predicted molar refractivity (Wildman–Crippen MR) is 74.4 cm³/mol. The lowest BCUT2D eigenvalue weighted by Crippen LogP contribution is -2.39. The van der Waals surface area contributed by atoms with Gasteiger partial charge in [-0.1, -0.05) is 20.3 Å². The highest BCUT2D eigenvalue weighted by molar-refractivity contribution is 5.76. The highest BCUT2D eigenvalue weighted by Crippen LogP contribution is 2.31. The molecular formula is C15H28N2O. The van der Waals surface area contributed by atoms with Gasteiger partial charge in [-0.15, -0.1) is 0 Å². The molecule has 0 aromatic carbocycles. The predicted octanol–water partition coefficient (Wildman–Crippen LogP) is 2.46. The van der Waals surface area contributed by atoms with Gasteiger partial charge in [0.25, 0.3) is 0 Å². The van der Waals surface area contributed by atoms with Crippen LogP contribution in [-0.2, 0) is 4.79 Å². The van der Waals surface area contributed by atoms with Crippen molar-refractivity contribution in [2.45, 2.75) is 70.9 Å². The molecular weight excluding hydrogens is 224 g/mol. The zero-order valence-electron chi connectivity index (χ0n) is 11.9. The van der Waals surface area contributed by atoms with Gasteiger partial charge in [0.1, 0.15) is 0 Å². The molecule has 4 atom stereocenters. The molecule has 2 fully saturated rings. The van der Waals surface area contributed by atoms with Gasteiger partial charge < -0.3 is 10.6 Å². The zero-order valence-corrected chi connectivity index (χ0v) is 11.9. The summed E-state index contributed by atoms with van der Waals surface area (Å²) in [6, 6.07) is 0.997. The smallest absolute Gasteiger partial charge is 0.220 e. The van der Waals surface area contributed by atoms with E-state index in [0.29, 0.717) is 24.4 Å². The molecule has 2 rings (SSSR count). The van der Waals surface area contributed by atoms with Crippen LogP contribution < -0.4 is 10.6 Å². The van der Waals surface area contributed by atoms with E-state index in [2.05, 4.69) is 24.5 Å². The van der Waals surface area contributed by atoms with Crippen molar-refractivity contribution in [3.8, 4) is 0 Å². The van der Waals surface area contributed by atoms with Crippen LogP contribution in [0.3, 0.4) is 0 Å². The molecule has 18 heavy (non-hydrogen) atoms. The summed E-state index contributed by atoms with van der Waals surface area (Å²) in [6.07, 6.45) is 7.96. The Labute approximate surface area is 111 Å². The maximum atomic E-state index is 12.0. The third kappa shape index (κ3) is 3.71. The van der Waals surface area contributed by atoms with Gasteiger partial charge in [-0.2, -0.15) is 0 Å². The maximum absolute atomic E-state index is 12.0. The molecule has 1 saturated heterocycles. The Morgan fingerprint density at radius 2 is 2.06 bits per heavy atom. The second-order valence-corrected chi connectivity index (χ2v) is 6.27. The lowest BCUT2D eigenvalue weighted by molar-refractivity contribution is -0.122. The van der Waals surface area contributed by atoms with Gasteiger partial charge in [0.05, 0.1) is 0 Å². The first-order valence-corrected chi connectivity index (χ1v) is 7.69. The number of amides is 1. The summed E-state index contributed by atoms with van der Waals surface area (Å²) in [5, 5.41) is 6.74. The molecule has 0 spiro atoms. The summed E-state index contributed by atoms with van der Waals surface area (Å²) in [5.74, 6) is 1.66. The Kier molecular flexibility index (Phi) is 5.04. The van der Waals surface area contributed by atoms with Gasteiger partial charge in [-0.25, -0.2) is 0 Å². The lowest BCUT2D eigenvalue weighted by Gasteiger charge is -2.24. The van der Waals surface area contributed by atoms with Gasteiger partial charge in [0.15, 0.2) is 0 Å². The van der Waals surface area contributed by atoms with E-state index in [1.165, 1.54) is 25.7 Å². The molecule has 2 aliphatic rings. The van der Waals surface area contributed by atoms with Gasteiger partial charge in [-0.3, -0.25) is 4.79 Å². The molecule has 0 aromatic heterocycles. The van der Waals surface area contributed by atoms with Crippen LogP contribution >= 0.6 is 0 Å². The number of hydrogen-bond acceptors (Lipinski definition) is 2. The minimum absolute atomic E-state index is 0.258. The summed E-state index contributed by atoms with van der Waals surface area (Å²) in [4.78, 5) is 12.0. The SMILES string of the molecule is CC1CCC(NC(=O)CCC2CCCCN2)C1C. The Morgan fingerprint density at radius 3 is 2.67 bits per heavy atom. The van der Waals surface area contributed by atoms with Gasteiger partial charge in [0, 0.05) is 18.5 Å². The van der Waals surface area contributed by atoms with Crippen molar-refractivity contribution >= 4 is 5.91 Å². The van der Waals surface area contributed by atoms with E-state index in [1.54, 1.807) is 0 Å². The Bertz CT molecular complexity index is 274. The van der Waals surface area contributed by atoms with E-state index in [0.717, 1.165) is 25.3 Å². The summed E-state index contributed by atoms with van der Waals surface area (Å²) in [5.41, 5.74) is 0. The fourth-order valence-electron chi connectivity index (χ4n) is 3.32. The summed E-state index contributed by atoms with van der Waals surface area (Å²) >= 11 is 0. The molecule has 0 radical (unpaired) electrons. The second-order valence-electron chi connectivity index (χ2n) is 6.27. The van der Waals surface area contributed by atoms with Gasteiger partial charge in [-0.05, 0) is 50.5 Å². The topological polar surface area (TPSA) is 41.1 Å². The number of nitrogens with one attached hydrogen (secondary N) is 2. The van der Waals surface area contributed by atoms with E-state index in [-0.39, 0.29) is 5.91 Å². The second kappa shape index (κ2) is 6.55. The maximum Gasteiger partial charge on any atom is 0.220 e. The summed E-state index contributed by atoms with van der Waals surface area (Å²) in [7, 11) is 0. The first kappa shape index (κ1) is 13.9. The van der Waals surface area contributed by atoms with Crippen LogP contribution in [0, 0.1) is 11.8 Å². The molecule has 1 aliphatic carbocycles. The molecule has 3 heteroatoms. The van der Waals surface area contributed by atoms with E-state index in [1.807, 2.05) is 0 Å². The highest BCUT2D eigenvalue weighted by Gasteiger charge is 2.30. The van der Waals surface area contributed by atoms with Crippen LogP contribution in [0.25, 0.3) is 0 Å². The average Bonchev–Trinajstić information content (AvgIpc) is 2.70. The van der Waals surface area contributed by atoms with Crippen LogP contribution in [0.15, 0.2) is 0 Å². The third-order valence-corrected chi connectivity index (χ3v) is 4.94. The fraction of sp³-hybridized carbons (Fsp3) is 0.933. The molecule has 1 heterocycles. The quantitative estimate of drug-likeness (QED) is 0.807. The molecule has 4 unspecified atom stereocenters. The van der Waals surface area contributed by atoms with Gasteiger partial charge >= 0.3 is 0 Å². The van der Waals surface area contributed by atoms with Crippen molar-refractivity contribution in [1.82, 2.24) is 10.6 Å². The van der Waals surface area contributed by atoms with Crippen LogP contribution in [0.1, 0.15) is 58.8 Å². The molecule has 3 nitrogen and oxygen atoms in total. The zero-order chi connectivity index (χ0) is 13.0. The lowest BCUT2D eigenvalue weighted by atomic mass is 9.97. The highest BCUT2D eigenvalue weighted by atomic mass is 16.1. The van der Waals surface area contributed by atoms with Crippen LogP contribution in [0.4, 0.5) is 0 Å².